The Kier molecular flexibility index (Phi) is 18.8. The van der Waals surface area contributed by atoms with Crippen molar-refractivity contribution in [3.8, 4) is 0 Å². The summed E-state index contributed by atoms with van der Waals surface area (Å²) in [6.45, 7) is 23.2. The minimum absolute atomic E-state index is 0. The van der Waals surface area contributed by atoms with Crippen LogP contribution in [0.25, 0.3) is 4.72 Å². The summed E-state index contributed by atoms with van der Waals surface area (Å²) in [7, 11) is -3.69. The predicted molar refractivity (Wildman–Crippen MR) is 135 cm³/mol. The van der Waals surface area contributed by atoms with Crippen molar-refractivity contribution >= 4 is 10.0 Å². The Hall–Kier alpha value is -1.07. The van der Waals surface area contributed by atoms with E-state index in [1.165, 1.54) is 5.56 Å². The van der Waals surface area contributed by atoms with Gasteiger partial charge in [-0.15, -0.1) is 0 Å². The summed E-state index contributed by atoms with van der Waals surface area (Å²) in [5.41, 5.74) is 3.01. The van der Waals surface area contributed by atoms with Gasteiger partial charge in [0.05, 0.1) is 31.1 Å². The van der Waals surface area contributed by atoms with Crippen LogP contribution in [0.2, 0.25) is 0 Å². The van der Waals surface area contributed by atoms with Crippen LogP contribution in [-0.4, -0.2) is 67.5 Å². The van der Waals surface area contributed by atoms with E-state index in [1.807, 2.05) is 0 Å². The molecule has 0 radical (unpaired) electrons. The first-order valence-electron chi connectivity index (χ1n) is 10.9. The van der Waals surface area contributed by atoms with E-state index in [1.54, 1.807) is 0 Å². The molecule has 0 aliphatic heterocycles. The third kappa shape index (κ3) is 9.05. The lowest BCUT2D eigenvalue weighted by molar-refractivity contribution is -0.921. The topological polar surface area (TPSA) is 174 Å². The van der Waals surface area contributed by atoms with E-state index in [-0.39, 0.29) is 33.7 Å². The Morgan fingerprint density at radius 3 is 1.41 bits per heavy atom. The Bertz CT molecular complexity index is 708. The third-order valence-electron chi connectivity index (χ3n) is 6.19. The molecule has 0 unspecified atom stereocenters. The summed E-state index contributed by atoms with van der Waals surface area (Å²) in [4.78, 5) is 0.449. The fraction of sp³-hybridized carbons (Fsp3) is 0.739. The molecule has 8 N–H and O–H groups in total. The van der Waals surface area contributed by atoms with Gasteiger partial charge in [0.15, 0.2) is 0 Å². The molecular weight excluding hydrogens is 432 g/mol. The summed E-state index contributed by atoms with van der Waals surface area (Å²) in [5, 5.41) is 0. The molecular formula is C23H50N2O6S. The van der Waals surface area contributed by atoms with Crippen LogP contribution < -0.4 is 0 Å². The van der Waals surface area contributed by atoms with Crippen LogP contribution in [0.1, 0.15) is 96.8 Å². The van der Waals surface area contributed by atoms with E-state index >= 15 is 0 Å². The molecule has 0 spiro atoms. The molecule has 1 rings (SSSR count). The van der Waals surface area contributed by atoms with Gasteiger partial charge in [-0.25, -0.2) is 8.42 Å². The summed E-state index contributed by atoms with van der Waals surface area (Å²) in [6, 6.07) is 4.15. The molecule has 1 aromatic rings. The maximum absolute atomic E-state index is 13.3. The lowest BCUT2D eigenvalue weighted by Crippen LogP contribution is -2.49. The first-order valence-corrected chi connectivity index (χ1v) is 12.3. The van der Waals surface area contributed by atoms with Crippen LogP contribution in [0.3, 0.4) is 0 Å². The SMILES string of the molecule is CC[N+](CC)(CC)CC[N-]S(=O)(=O)c1c(C(C)C)cc(C(C)C)cc1C(C)C.O.O.O.O. The summed E-state index contributed by atoms with van der Waals surface area (Å²) in [5.74, 6) is 0.626. The second kappa shape index (κ2) is 15.7. The molecule has 1 aromatic carbocycles. The molecule has 0 aliphatic carbocycles. The minimum atomic E-state index is -3.69. The number of rotatable bonds is 11. The molecule has 0 aromatic heterocycles. The average Bonchev–Trinajstić information content (AvgIpc) is 2.64. The largest absolute Gasteiger partial charge is 0.540 e. The Balaban J connectivity index is -0.000000980. The first kappa shape index (κ1) is 38.2. The van der Waals surface area contributed by atoms with Crippen LogP contribution in [0.4, 0.5) is 0 Å². The fourth-order valence-electron chi connectivity index (χ4n) is 3.77. The Labute approximate surface area is 196 Å². The van der Waals surface area contributed by atoms with Gasteiger partial charge in [0.1, 0.15) is 10.0 Å². The lowest BCUT2D eigenvalue weighted by atomic mass is 9.89. The maximum atomic E-state index is 13.3. The fourth-order valence-corrected chi connectivity index (χ4v) is 5.41. The number of hydrogen-bond acceptors (Lipinski definition) is 2. The van der Waals surface area contributed by atoms with E-state index in [0.717, 1.165) is 41.8 Å². The predicted octanol–water partition coefficient (Wildman–Crippen LogP) is 2.70. The number of sulfonamides is 1. The van der Waals surface area contributed by atoms with Gasteiger partial charge < -0.3 is 31.1 Å². The molecule has 0 aliphatic rings. The smallest absolute Gasteiger partial charge is 0.102 e. The van der Waals surface area contributed by atoms with Gasteiger partial charge in [0.25, 0.3) is 0 Å². The van der Waals surface area contributed by atoms with Crippen molar-refractivity contribution < 1.29 is 34.8 Å². The van der Waals surface area contributed by atoms with Gasteiger partial charge in [-0.3, -0.25) is 0 Å². The molecule has 0 saturated carbocycles. The van der Waals surface area contributed by atoms with E-state index in [4.69, 9.17) is 0 Å². The number of likely N-dealkylation sites (N-methyl/N-ethyl adjacent to an activating group) is 1. The summed E-state index contributed by atoms with van der Waals surface area (Å²) >= 11 is 0. The van der Waals surface area contributed by atoms with Crippen LogP contribution >= 0.6 is 0 Å². The van der Waals surface area contributed by atoms with Gasteiger partial charge in [-0.1, -0.05) is 60.2 Å². The van der Waals surface area contributed by atoms with Crippen molar-refractivity contribution in [2.75, 3.05) is 32.7 Å². The van der Waals surface area contributed by atoms with Crippen LogP contribution in [-0.2, 0) is 10.0 Å². The third-order valence-corrected chi connectivity index (χ3v) is 7.70. The highest BCUT2D eigenvalue weighted by molar-refractivity contribution is 7.94. The molecule has 8 nitrogen and oxygen atoms in total. The van der Waals surface area contributed by atoms with E-state index in [9.17, 15) is 8.42 Å². The van der Waals surface area contributed by atoms with Gasteiger partial charge in [0.2, 0.25) is 0 Å². The van der Waals surface area contributed by atoms with E-state index in [2.05, 4.69) is 79.2 Å². The summed E-state index contributed by atoms with van der Waals surface area (Å²) in [6.07, 6.45) is 0. The van der Waals surface area contributed by atoms with Crippen molar-refractivity contribution in [1.82, 2.24) is 0 Å². The molecule has 194 valence electrons. The van der Waals surface area contributed by atoms with Crippen LogP contribution in [0, 0.1) is 0 Å². The Morgan fingerprint density at radius 1 is 0.750 bits per heavy atom. The molecule has 32 heavy (non-hydrogen) atoms. The Morgan fingerprint density at radius 2 is 1.12 bits per heavy atom. The maximum Gasteiger partial charge on any atom is 0.102 e. The van der Waals surface area contributed by atoms with Gasteiger partial charge >= 0.3 is 0 Å². The molecule has 9 heteroatoms. The summed E-state index contributed by atoms with van der Waals surface area (Å²) < 4.78 is 31.9. The highest BCUT2D eigenvalue weighted by atomic mass is 32.2. The second-order valence-electron chi connectivity index (χ2n) is 8.83. The second-order valence-corrected chi connectivity index (χ2v) is 10.5. The number of benzene rings is 1. The highest BCUT2D eigenvalue weighted by Crippen LogP contribution is 2.37. The number of nitrogens with zero attached hydrogens (tertiary/aromatic N) is 2. The zero-order valence-electron chi connectivity index (χ0n) is 21.5. The molecule has 0 heterocycles. The number of hydrogen-bond donors (Lipinski definition) is 0. The monoisotopic (exact) mass is 482 g/mol. The van der Waals surface area contributed by atoms with Gasteiger partial charge in [-0.05, 0) is 55.2 Å². The van der Waals surface area contributed by atoms with Crippen molar-refractivity contribution in [3.63, 3.8) is 0 Å². The van der Waals surface area contributed by atoms with Gasteiger partial charge in [0, 0.05) is 0 Å². The van der Waals surface area contributed by atoms with Crippen molar-refractivity contribution in [1.29, 1.82) is 0 Å². The van der Waals surface area contributed by atoms with Gasteiger partial charge in [-0.2, -0.15) is 0 Å². The number of quaternary nitrogens is 1. The zero-order chi connectivity index (χ0) is 21.7. The molecule has 0 atom stereocenters. The van der Waals surface area contributed by atoms with Crippen molar-refractivity contribution in [2.24, 2.45) is 0 Å². The molecule has 0 amide bonds. The van der Waals surface area contributed by atoms with Crippen molar-refractivity contribution in [2.45, 2.75) is 85.0 Å². The minimum Gasteiger partial charge on any atom is -0.540 e. The molecule has 0 bridgehead atoms. The normalized spacial score (nSPS) is 11.5. The molecule has 0 saturated heterocycles. The quantitative estimate of drug-likeness (QED) is 0.441. The average molecular weight is 483 g/mol. The molecule has 0 fully saturated rings. The van der Waals surface area contributed by atoms with E-state index in [0.29, 0.717) is 17.4 Å². The van der Waals surface area contributed by atoms with Crippen LogP contribution in [0.15, 0.2) is 17.0 Å². The van der Waals surface area contributed by atoms with E-state index < -0.39 is 10.0 Å². The standard InChI is InChI=1S/C23H42N2O2S.4H2O/c1-10-25(11-2,12-3)14-13-24-28(26,27)23-21(18(6)7)15-20(17(4)5)16-22(23)19(8)9;;;;/h15-19H,10-14H2,1-9H3;4*1H2. The highest BCUT2D eigenvalue weighted by Gasteiger charge is 2.23. The van der Waals surface area contributed by atoms with Crippen LogP contribution in [0.5, 0.6) is 0 Å². The van der Waals surface area contributed by atoms with Crippen molar-refractivity contribution in [3.05, 3.63) is 33.5 Å². The first-order chi connectivity index (χ1) is 12.9. The lowest BCUT2D eigenvalue weighted by Gasteiger charge is -2.38. The zero-order valence-corrected chi connectivity index (χ0v) is 22.4.